The normalized spacial score (nSPS) is 14.1. The summed E-state index contributed by atoms with van der Waals surface area (Å²) in [6.45, 7) is 4.92. The van der Waals surface area contributed by atoms with Gasteiger partial charge in [-0.05, 0) is 44.2 Å². The van der Waals surface area contributed by atoms with Gasteiger partial charge >= 0.3 is 0 Å². The Balaban J connectivity index is 1.60. The first-order chi connectivity index (χ1) is 9.79. The van der Waals surface area contributed by atoms with E-state index in [-0.39, 0.29) is 5.91 Å². The quantitative estimate of drug-likeness (QED) is 0.669. The zero-order valence-corrected chi connectivity index (χ0v) is 11.9. The number of hydrogen-bond donors (Lipinski definition) is 2. The summed E-state index contributed by atoms with van der Waals surface area (Å²) < 4.78 is 5.50. The maximum absolute atomic E-state index is 11.8. The van der Waals surface area contributed by atoms with Gasteiger partial charge in [-0.1, -0.05) is 0 Å². The van der Waals surface area contributed by atoms with Crippen LogP contribution >= 0.6 is 0 Å². The zero-order chi connectivity index (χ0) is 14.2. The molecule has 0 spiro atoms. The van der Waals surface area contributed by atoms with Crippen molar-refractivity contribution in [3.8, 4) is 0 Å². The van der Waals surface area contributed by atoms with E-state index in [2.05, 4.69) is 20.8 Å². The molecule has 1 aliphatic rings. The van der Waals surface area contributed by atoms with Gasteiger partial charge < -0.3 is 15.4 Å². The summed E-state index contributed by atoms with van der Waals surface area (Å²) in [5, 5.41) is 13.7. The van der Waals surface area contributed by atoms with Crippen LogP contribution in [0.3, 0.4) is 0 Å². The minimum Gasteiger partial charge on any atom is -0.381 e. The Labute approximate surface area is 119 Å². The van der Waals surface area contributed by atoms with Gasteiger partial charge in [0.05, 0.1) is 0 Å². The number of rotatable bonds is 9. The fourth-order valence-electron chi connectivity index (χ4n) is 1.73. The summed E-state index contributed by atoms with van der Waals surface area (Å²) in [5.41, 5.74) is 0.338. The van der Waals surface area contributed by atoms with Crippen LogP contribution < -0.4 is 10.6 Å². The molecule has 0 bridgehead atoms. The first kappa shape index (κ1) is 14.7. The van der Waals surface area contributed by atoms with Gasteiger partial charge in [-0.15, -0.1) is 10.2 Å². The second-order valence-corrected chi connectivity index (χ2v) is 4.96. The van der Waals surface area contributed by atoms with Crippen LogP contribution in [0.4, 0.5) is 5.82 Å². The van der Waals surface area contributed by atoms with E-state index in [0.717, 1.165) is 25.5 Å². The molecule has 0 aromatic carbocycles. The van der Waals surface area contributed by atoms with Gasteiger partial charge in [0.2, 0.25) is 0 Å². The van der Waals surface area contributed by atoms with E-state index in [4.69, 9.17) is 4.74 Å². The number of hydrogen-bond acceptors (Lipinski definition) is 5. The summed E-state index contributed by atoms with van der Waals surface area (Å²) >= 11 is 0. The molecule has 1 fully saturated rings. The molecule has 1 saturated carbocycles. The maximum Gasteiger partial charge on any atom is 0.271 e. The summed E-state index contributed by atoms with van der Waals surface area (Å²) in [4.78, 5) is 11.8. The molecule has 2 N–H and O–H groups in total. The predicted octanol–water partition coefficient (Wildman–Crippen LogP) is 1.45. The molecule has 0 aliphatic heterocycles. The van der Waals surface area contributed by atoms with E-state index >= 15 is 0 Å². The Hall–Kier alpha value is -1.69. The Kier molecular flexibility index (Phi) is 5.73. The molecule has 1 heterocycles. The van der Waals surface area contributed by atoms with Crippen LogP contribution in [0, 0.1) is 5.92 Å². The zero-order valence-electron chi connectivity index (χ0n) is 11.9. The molecule has 2 rings (SSSR count). The molecule has 1 aromatic rings. The van der Waals surface area contributed by atoms with Crippen LogP contribution in [0.1, 0.15) is 36.7 Å². The summed E-state index contributed by atoms with van der Waals surface area (Å²) in [6, 6.07) is 3.42. The molecule has 1 aromatic heterocycles. The van der Waals surface area contributed by atoms with Crippen molar-refractivity contribution in [1.29, 1.82) is 0 Å². The van der Waals surface area contributed by atoms with Gasteiger partial charge in [-0.3, -0.25) is 4.79 Å². The largest absolute Gasteiger partial charge is 0.381 e. The molecule has 20 heavy (non-hydrogen) atoms. The van der Waals surface area contributed by atoms with E-state index in [1.165, 1.54) is 12.8 Å². The van der Waals surface area contributed by atoms with Gasteiger partial charge in [-0.2, -0.15) is 0 Å². The van der Waals surface area contributed by atoms with Crippen molar-refractivity contribution in [3.05, 3.63) is 17.8 Å². The summed E-state index contributed by atoms with van der Waals surface area (Å²) in [7, 11) is 0. The fourth-order valence-corrected chi connectivity index (χ4v) is 1.73. The van der Waals surface area contributed by atoms with E-state index in [9.17, 15) is 4.79 Å². The SMILES string of the molecule is CCNc1ccc(C(=O)NCCCOCC2CC2)nn1. The number of nitrogens with zero attached hydrogens (tertiary/aromatic N) is 2. The van der Waals surface area contributed by atoms with Gasteiger partial charge in [0, 0.05) is 26.3 Å². The van der Waals surface area contributed by atoms with Crippen molar-refractivity contribution >= 4 is 11.7 Å². The highest BCUT2D eigenvalue weighted by Crippen LogP contribution is 2.28. The molecule has 1 aliphatic carbocycles. The molecular weight excluding hydrogens is 256 g/mol. The van der Waals surface area contributed by atoms with Crippen LogP contribution in [0.15, 0.2) is 12.1 Å². The molecule has 110 valence electrons. The molecular formula is C14H22N4O2. The minimum absolute atomic E-state index is 0.192. The van der Waals surface area contributed by atoms with Crippen molar-refractivity contribution in [2.45, 2.75) is 26.2 Å². The van der Waals surface area contributed by atoms with Crippen molar-refractivity contribution in [2.24, 2.45) is 5.92 Å². The van der Waals surface area contributed by atoms with E-state index < -0.39 is 0 Å². The Morgan fingerprint density at radius 2 is 2.25 bits per heavy atom. The van der Waals surface area contributed by atoms with Gasteiger partial charge in [0.25, 0.3) is 5.91 Å². The van der Waals surface area contributed by atoms with E-state index in [1.54, 1.807) is 12.1 Å². The predicted molar refractivity (Wildman–Crippen MR) is 76.7 cm³/mol. The smallest absolute Gasteiger partial charge is 0.271 e. The molecule has 0 unspecified atom stereocenters. The second kappa shape index (κ2) is 7.79. The maximum atomic E-state index is 11.8. The van der Waals surface area contributed by atoms with Crippen molar-refractivity contribution in [3.63, 3.8) is 0 Å². The number of amides is 1. The lowest BCUT2D eigenvalue weighted by Crippen LogP contribution is -2.26. The number of carbonyl (C=O) groups is 1. The molecule has 6 nitrogen and oxygen atoms in total. The lowest BCUT2D eigenvalue weighted by molar-refractivity contribution is 0.0931. The average Bonchev–Trinajstić information content (AvgIpc) is 3.28. The molecule has 0 atom stereocenters. The van der Waals surface area contributed by atoms with Gasteiger partial charge in [0.1, 0.15) is 5.82 Å². The lowest BCUT2D eigenvalue weighted by atomic mass is 10.3. The molecule has 6 heteroatoms. The molecule has 0 saturated heterocycles. The number of carbonyl (C=O) groups excluding carboxylic acids is 1. The third-order valence-corrected chi connectivity index (χ3v) is 3.06. The number of anilines is 1. The highest BCUT2D eigenvalue weighted by molar-refractivity contribution is 5.92. The minimum atomic E-state index is -0.192. The van der Waals surface area contributed by atoms with Crippen molar-refractivity contribution in [2.75, 3.05) is 31.6 Å². The van der Waals surface area contributed by atoms with E-state index in [1.807, 2.05) is 6.92 Å². The average molecular weight is 278 g/mol. The molecule has 0 radical (unpaired) electrons. The standard InChI is InChI=1S/C14H22N4O2/c1-2-15-13-7-6-12(17-18-13)14(19)16-8-3-9-20-10-11-4-5-11/h6-7,11H,2-5,8-10H2,1H3,(H,15,18)(H,16,19). The fraction of sp³-hybridized carbons (Fsp3) is 0.643. The van der Waals surface area contributed by atoms with Crippen LogP contribution in [-0.4, -0.2) is 42.4 Å². The first-order valence-corrected chi connectivity index (χ1v) is 7.23. The third kappa shape index (κ3) is 5.13. The summed E-state index contributed by atoms with van der Waals surface area (Å²) in [6.07, 6.45) is 3.43. The van der Waals surface area contributed by atoms with Crippen LogP contribution in [0.2, 0.25) is 0 Å². The van der Waals surface area contributed by atoms with E-state index in [0.29, 0.717) is 24.7 Å². The van der Waals surface area contributed by atoms with Gasteiger partial charge in [0.15, 0.2) is 5.69 Å². The number of nitrogens with one attached hydrogen (secondary N) is 2. The Bertz CT molecular complexity index is 418. The Morgan fingerprint density at radius 1 is 1.40 bits per heavy atom. The number of ether oxygens (including phenoxy) is 1. The summed E-state index contributed by atoms with van der Waals surface area (Å²) in [5.74, 6) is 1.27. The second-order valence-electron chi connectivity index (χ2n) is 4.96. The van der Waals surface area contributed by atoms with Crippen molar-refractivity contribution < 1.29 is 9.53 Å². The number of aromatic nitrogens is 2. The van der Waals surface area contributed by atoms with Crippen LogP contribution in [0.25, 0.3) is 0 Å². The highest BCUT2D eigenvalue weighted by atomic mass is 16.5. The molecule has 1 amide bonds. The van der Waals surface area contributed by atoms with Crippen molar-refractivity contribution in [1.82, 2.24) is 15.5 Å². The van der Waals surface area contributed by atoms with Crippen LogP contribution in [-0.2, 0) is 4.74 Å². The van der Waals surface area contributed by atoms with Gasteiger partial charge in [-0.25, -0.2) is 0 Å². The Morgan fingerprint density at radius 3 is 2.90 bits per heavy atom. The third-order valence-electron chi connectivity index (χ3n) is 3.06. The van der Waals surface area contributed by atoms with Crippen LogP contribution in [0.5, 0.6) is 0 Å². The highest BCUT2D eigenvalue weighted by Gasteiger charge is 2.20. The topological polar surface area (TPSA) is 76.1 Å². The lowest BCUT2D eigenvalue weighted by Gasteiger charge is -2.06. The monoisotopic (exact) mass is 278 g/mol. The first-order valence-electron chi connectivity index (χ1n) is 7.23.